The van der Waals surface area contributed by atoms with Gasteiger partial charge in [0.2, 0.25) is 0 Å². The van der Waals surface area contributed by atoms with Crippen LogP contribution in [0.25, 0.3) is 0 Å². The van der Waals surface area contributed by atoms with Crippen LogP contribution in [0.2, 0.25) is 0 Å². The molecule has 0 saturated carbocycles. The smallest absolute Gasteiger partial charge is 0.417 e. The van der Waals surface area contributed by atoms with Crippen molar-refractivity contribution in [2.24, 2.45) is 5.92 Å². The number of aromatic carboxylic acids is 1. The number of hydrogen-bond acceptors (Lipinski definition) is 2. The van der Waals surface area contributed by atoms with Gasteiger partial charge in [-0.3, -0.25) is 0 Å². The lowest BCUT2D eigenvalue weighted by atomic mass is 10.0. The molecule has 0 aliphatic rings. The summed E-state index contributed by atoms with van der Waals surface area (Å²) in [6.07, 6.45) is -2.89. The SMILES string of the molecule is CC(C)CCC(C)Nc1ccc(C(=O)O)c(C(F)(F)F)c1. The molecule has 0 heterocycles. The molecule has 0 bridgehead atoms. The summed E-state index contributed by atoms with van der Waals surface area (Å²) in [7, 11) is 0. The van der Waals surface area contributed by atoms with Crippen molar-refractivity contribution < 1.29 is 23.1 Å². The van der Waals surface area contributed by atoms with Crippen LogP contribution in [0.5, 0.6) is 0 Å². The highest BCUT2D eigenvalue weighted by Crippen LogP contribution is 2.34. The molecular formula is C15H20F3NO2. The summed E-state index contributed by atoms with van der Waals surface area (Å²) in [5.74, 6) is -1.06. The lowest BCUT2D eigenvalue weighted by Gasteiger charge is -2.18. The number of anilines is 1. The molecule has 118 valence electrons. The van der Waals surface area contributed by atoms with Crippen LogP contribution in [0.4, 0.5) is 18.9 Å². The molecule has 1 rings (SSSR count). The first-order valence-electron chi connectivity index (χ1n) is 6.82. The Hall–Kier alpha value is -1.72. The maximum Gasteiger partial charge on any atom is 0.417 e. The number of nitrogens with one attached hydrogen (secondary N) is 1. The highest BCUT2D eigenvalue weighted by Gasteiger charge is 2.35. The van der Waals surface area contributed by atoms with E-state index in [2.05, 4.69) is 19.2 Å². The first kappa shape index (κ1) is 17.3. The van der Waals surface area contributed by atoms with Gasteiger partial charge in [-0.2, -0.15) is 13.2 Å². The van der Waals surface area contributed by atoms with Crippen LogP contribution in [0.3, 0.4) is 0 Å². The fourth-order valence-corrected chi connectivity index (χ4v) is 2.00. The Morgan fingerprint density at radius 3 is 2.33 bits per heavy atom. The van der Waals surface area contributed by atoms with Crippen molar-refractivity contribution in [1.82, 2.24) is 0 Å². The van der Waals surface area contributed by atoms with Crippen LogP contribution in [0, 0.1) is 5.92 Å². The molecule has 0 saturated heterocycles. The zero-order chi connectivity index (χ0) is 16.2. The van der Waals surface area contributed by atoms with Crippen LogP contribution >= 0.6 is 0 Å². The topological polar surface area (TPSA) is 49.3 Å². The standard InChI is InChI=1S/C15H20F3NO2/c1-9(2)4-5-10(3)19-11-6-7-12(14(20)21)13(8-11)15(16,17)18/h6-10,19H,4-5H2,1-3H3,(H,20,21). The summed E-state index contributed by atoms with van der Waals surface area (Å²) in [6.45, 7) is 6.05. The Balaban J connectivity index is 2.93. The number of alkyl halides is 3. The number of benzene rings is 1. The molecule has 0 amide bonds. The maximum atomic E-state index is 12.9. The van der Waals surface area contributed by atoms with E-state index in [0.29, 0.717) is 5.92 Å². The van der Waals surface area contributed by atoms with E-state index in [1.165, 1.54) is 6.07 Å². The predicted molar refractivity (Wildman–Crippen MR) is 75.6 cm³/mol. The number of hydrogen-bond donors (Lipinski definition) is 2. The van der Waals surface area contributed by atoms with Crippen molar-refractivity contribution in [3.8, 4) is 0 Å². The summed E-state index contributed by atoms with van der Waals surface area (Å²) < 4.78 is 38.7. The van der Waals surface area contributed by atoms with Gasteiger partial charge >= 0.3 is 12.1 Å². The predicted octanol–water partition coefficient (Wildman–Crippen LogP) is 4.64. The van der Waals surface area contributed by atoms with E-state index in [1.54, 1.807) is 0 Å². The molecule has 0 aliphatic heterocycles. The highest BCUT2D eigenvalue weighted by atomic mass is 19.4. The van der Waals surface area contributed by atoms with Gasteiger partial charge in [-0.25, -0.2) is 4.79 Å². The summed E-state index contributed by atoms with van der Waals surface area (Å²) in [4.78, 5) is 10.9. The van der Waals surface area contributed by atoms with Crippen LogP contribution in [0.1, 0.15) is 49.5 Å². The van der Waals surface area contributed by atoms with Crippen LogP contribution in [-0.4, -0.2) is 17.1 Å². The summed E-state index contributed by atoms with van der Waals surface area (Å²) in [6, 6.07) is 3.23. The van der Waals surface area contributed by atoms with Crippen LogP contribution < -0.4 is 5.32 Å². The second-order valence-corrected chi connectivity index (χ2v) is 5.58. The van der Waals surface area contributed by atoms with Gasteiger partial charge < -0.3 is 10.4 Å². The summed E-state index contributed by atoms with van der Waals surface area (Å²) in [5.41, 5.74) is -1.58. The van der Waals surface area contributed by atoms with E-state index in [9.17, 15) is 18.0 Å². The van der Waals surface area contributed by atoms with Gasteiger partial charge in [0.05, 0.1) is 11.1 Å². The molecule has 6 heteroatoms. The Kier molecular flexibility index (Phi) is 5.63. The Bertz CT molecular complexity index is 498. The quantitative estimate of drug-likeness (QED) is 0.805. The van der Waals surface area contributed by atoms with Crippen molar-refractivity contribution >= 4 is 11.7 Å². The third kappa shape index (κ3) is 5.28. The first-order chi connectivity index (χ1) is 9.61. The number of carbonyl (C=O) groups is 1. The van der Waals surface area contributed by atoms with E-state index in [0.717, 1.165) is 25.0 Å². The maximum absolute atomic E-state index is 12.9. The average Bonchev–Trinajstić information content (AvgIpc) is 2.35. The van der Waals surface area contributed by atoms with Crippen molar-refractivity contribution in [2.75, 3.05) is 5.32 Å². The van der Waals surface area contributed by atoms with Gasteiger partial charge in [-0.15, -0.1) is 0 Å². The molecular weight excluding hydrogens is 283 g/mol. The summed E-state index contributed by atoms with van der Waals surface area (Å²) in [5, 5.41) is 11.8. The second-order valence-electron chi connectivity index (χ2n) is 5.58. The van der Waals surface area contributed by atoms with Gasteiger partial charge in [0, 0.05) is 11.7 Å². The Morgan fingerprint density at radius 2 is 1.86 bits per heavy atom. The van der Waals surface area contributed by atoms with Crippen molar-refractivity contribution in [3.63, 3.8) is 0 Å². The van der Waals surface area contributed by atoms with E-state index in [4.69, 9.17) is 5.11 Å². The first-order valence-corrected chi connectivity index (χ1v) is 6.82. The minimum atomic E-state index is -4.69. The van der Waals surface area contributed by atoms with E-state index in [-0.39, 0.29) is 11.7 Å². The molecule has 1 unspecified atom stereocenters. The van der Waals surface area contributed by atoms with Crippen LogP contribution in [-0.2, 0) is 6.18 Å². The fraction of sp³-hybridized carbons (Fsp3) is 0.533. The van der Waals surface area contributed by atoms with Crippen LogP contribution in [0.15, 0.2) is 18.2 Å². The molecule has 0 aliphatic carbocycles. The van der Waals surface area contributed by atoms with E-state index < -0.39 is 23.3 Å². The third-order valence-corrected chi connectivity index (χ3v) is 3.15. The zero-order valence-electron chi connectivity index (χ0n) is 12.3. The molecule has 0 fully saturated rings. The molecule has 1 aromatic rings. The molecule has 1 aromatic carbocycles. The largest absolute Gasteiger partial charge is 0.478 e. The van der Waals surface area contributed by atoms with Crippen molar-refractivity contribution in [1.29, 1.82) is 0 Å². The Morgan fingerprint density at radius 1 is 1.24 bits per heavy atom. The van der Waals surface area contributed by atoms with Gasteiger partial charge in [0.1, 0.15) is 0 Å². The van der Waals surface area contributed by atoms with E-state index >= 15 is 0 Å². The van der Waals surface area contributed by atoms with Gasteiger partial charge in [-0.05, 0) is 43.9 Å². The number of halogens is 3. The number of rotatable bonds is 6. The Labute approximate surface area is 122 Å². The molecule has 0 spiro atoms. The zero-order valence-corrected chi connectivity index (χ0v) is 12.3. The average molecular weight is 303 g/mol. The summed E-state index contributed by atoms with van der Waals surface area (Å²) >= 11 is 0. The number of carboxylic acids is 1. The van der Waals surface area contributed by atoms with E-state index in [1.807, 2.05) is 6.92 Å². The van der Waals surface area contributed by atoms with Crippen molar-refractivity contribution in [3.05, 3.63) is 29.3 Å². The normalized spacial score (nSPS) is 13.3. The molecule has 3 nitrogen and oxygen atoms in total. The molecule has 2 N–H and O–H groups in total. The fourth-order valence-electron chi connectivity index (χ4n) is 2.00. The number of carboxylic acid groups (broad SMARTS) is 1. The lowest BCUT2D eigenvalue weighted by Crippen LogP contribution is -2.18. The molecule has 0 aromatic heterocycles. The minimum Gasteiger partial charge on any atom is -0.478 e. The highest BCUT2D eigenvalue weighted by molar-refractivity contribution is 5.90. The van der Waals surface area contributed by atoms with Gasteiger partial charge in [-0.1, -0.05) is 13.8 Å². The molecule has 21 heavy (non-hydrogen) atoms. The lowest BCUT2D eigenvalue weighted by molar-refractivity contribution is -0.138. The monoisotopic (exact) mass is 303 g/mol. The third-order valence-electron chi connectivity index (χ3n) is 3.15. The van der Waals surface area contributed by atoms with Gasteiger partial charge in [0.15, 0.2) is 0 Å². The second kappa shape index (κ2) is 6.83. The van der Waals surface area contributed by atoms with Crippen molar-refractivity contribution in [2.45, 2.75) is 45.8 Å². The minimum absolute atomic E-state index is 0.0177. The van der Waals surface area contributed by atoms with Gasteiger partial charge in [0.25, 0.3) is 0 Å². The molecule has 1 atom stereocenters. The molecule has 0 radical (unpaired) electrons.